The van der Waals surface area contributed by atoms with E-state index >= 15 is 0 Å². The second-order valence-electron chi connectivity index (χ2n) is 8.91. The largest absolute Gasteiger partial charge is 0.311 e. The third kappa shape index (κ3) is 4.91. The van der Waals surface area contributed by atoms with Gasteiger partial charge in [0, 0.05) is 28.2 Å². The molecule has 0 amide bonds. The number of para-hydroxylation sites is 2. The van der Waals surface area contributed by atoms with Gasteiger partial charge in [0.15, 0.2) is 0 Å². The third-order valence-electron chi connectivity index (χ3n) is 6.45. The van der Waals surface area contributed by atoms with Crippen LogP contribution in [0.25, 0.3) is 33.6 Å². The Morgan fingerprint density at radius 1 is 0.324 bits per heavy atom. The van der Waals surface area contributed by atoms with Crippen molar-refractivity contribution in [1.82, 2.24) is 4.98 Å². The molecule has 0 bridgehead atoms. The maximum atomic E-state index is 5.02. The molecule has 0 unspecified atom stereocenters. The Labute approximate surface area is 218 Å². The lowest BCUT2D eigenvalue weighted by molar-refractivity contribution is 1.28. The molecule has 0 atom stereocenters. The molecule has 0 spiro atoms. The normalized spacial score (nSPS) is 10.7. The number of rotatable bonds is 6. The predicted octanol–water partition coefficient (Wildman–Crippen LogP) is 9.55. The number of aromatic nitrogens is 1. The molecule has 1 aromatic heterocycles. The van der Waals surface area contributed by atoms with Gasteiger partial charge in [-0.3, -0.25) is 0 Å². The van der Waals surface area contributed by atoms with E-state index in [2.05, 4.69) is 138 Å². The Balaban J connectivity index is 1.43. The van der Waals surface area contributed by atoms with Gasteiger partial charge >= 0.3 is 0 Å². The van der Waals surface area contributed by atoms with Gasteiger partial charge in [0.1, 0.15) is 0 Å². The monoisotopic (exact) mass is 474 g/mol. The summed E-state index contributed by atoms with van der Waals surface area (Å²) in [5.74, 6) is 0. The molecule has 2 heteroatoms. The molecule has 6 aromatic rings. The number of hydrogen-bond donors (Lipinski definition) is 0. The number of pyridine rings is 1. The van der Waals surface area contributed by atoms with Gasteiger partial charge in [0.05, 0.1) is 11.4 Å². The van der Waals surface area contributed by atoms with Crippen molar-refractivity contribution in [3.8, 4) is 33.6 Å². The average Bonchev–Trinajstić information content (AvgIpc) is 2.99. The van der Waals surface area contributed by atoms with Crippen molar-refractivity contribution in [1.29, 1.82) is 0 Å². The summed E-state index contributed by atoms with van der Waals surface area (Å²) in [6.07, 6.45) is 0. The fraction of sp³-hybridized carbons (Fsp3) is 0. The molecule has 176 valence electrons. The zero-order valence-corrected chi connectivity index (χ0v) is 20.4. The van der Waals surface area contributed by atoms with E-state index in [-0.39, 0.29) is 0 Å². The Morgan fingerprint density at radius 3 is 1.14 bits per heavy atom. The topological polar surface area (TPSA) is 16.1 Å². The van der Waals surface area contributed by atoms with Gasteiger partial charge in [-0.25, -0.2) is 4.98 Å². The number of nitrogens with zero attached hydrogens (tertiary/aromatic N) is 2. The van der Waals surface area contributed by atoms with Gasteiger partial charge in [0.25, 0.3) is 0 Å². The molecule has 5 aromatic carbocycles. The van der Waals surface area contributed by atoms with Crippen LogP contribution in [0.15, 0.2) is 158 Å². The van der Waals surface area contributed by atoms with E-state index in [1.807, 2.05) is 24.3 Å². The minimum atomic E-state index is 0.969. The molecule has 0 aliphatic rings. The molecule has 0 radical (unpaired) electrons. The van der Waals surface area contributed by atoms with E-state index in [1.165, 1.54) is 0 Å². The van der Waals surface area contributed by atoms with E-state index < -0.39 is 0 Å². The molecule has 0 N–H and O–H groups in total. The van der Waals surface area contributed by atoms with Crippen molar-refractivity contribution in [2.24, 2.45) is 0 Å². The summed E-state index contributed by atoms with van der Waals surface area (Å²) >= 11 is 0. The SMILES string of the molecule is c1ccc(-c2cc(-c3ccc(N(c4ccccc4)c4ccccc4)cc3)cc(-c3ccccc3)n2)cc1. The summed E-state index contributed by atoms with van der Waals surface area (Å²) in [5, 5.41) is 0. The van der Waals surface area contributed by atoms with Crippen molar-refractivity contribution in [2.45, 2.75) is 0 Å². The zero-order valence-electron chi connectivity index (χ0n) is 20.4. The average molecular weight is 475 g/mol. The highest BCUT2D eigenvalue weighted by atomic mass is 15.1. The standard InChI is InChI=1S/C35H26N2/c1-5-13-28(14-6-1)34-25-30(26-35(36-34)29-15-7-2-8-16-29)27-21-23-33(24-22-27)37(31-17-9-3-10-18-31)32-19-11-4-12-20-32/h1-26H. The summed E-state index contributed by atoms with van der Waals surface area (Å²) in [6, 6.07) is 54.9. The van der Waals surface area contributed by atoms with Crippen LogP contribution in [-0.2, 0) is 0 Å². The van der Waals surface area contributed by atoms with E-state index in [9.17, 15) is 0 Å². The molecule has 1 heterocycles. The summed E-state index contributed by atoms with van der Waals surface area (Å²) in [5.41, 5.74) is 9.82. The third-order valence-corrected chi connectivity index (χ3v) is 6.45. The van der Waals surface area contributed by atoms with Crippen LogP contribution in [0, 0.1) is 0 Å². The van der Waals surface area contributed by atoms with Gasteiger partial charge in [-0.2, -0.15) is 0 Å². The maximum Gasteiger partial charge on any atom is 0.0715 e. The van der Waals surface area contributed by atoms with Crippen molar-refractivity contribution in [3.05, 3.63) is 158 Å². The highest BCUT2D eigenvalue weighted by Gasteiger charge is 2.13. The van der Waals surface area contributed by atoms with Crippen molar-refractivity contribution < 1.29 is 0 Å². The minimum absolute atomic E-state index is 0.969. The summed E-state index contributed by atoms with van der Waals surface area (Å²) in [4.78, 5) is 7.30. The lowest BCUT2D eigenvalue weighted by Gasteiger charge is -2.25. The van der Waals surface area contributed by atoms with E-state index in [0.29, 0.717) is 0 Å². The van der Waals surface area contributed by atoms with E-state index in [4.69, 9.17) is 4.98 Å². The van der Waals surface area contributed by atoms with Crippen LogP contribution in [-0.4, -0.2) is 4.98 Å². The molecule has 2 nitrogen and oxygen atoms in total. The van der Waals surface area contributed by atoms with Gasteiger partial charge < -0.3 is 4.90 Å². The van der Waals surface area contributed by atoms with Gasteiger partial charge in [-0.05, 0) is 59.7 Å². The molecule has 0 aliphatic carbocycles. The Morgan fingerprint density at radius 2 is 0.703 bits per heavy atom. The van der Waals surface area contributed by atoms with Crippen LogP contribution in [0.3, 0.4) is 0 Å². The van der Waals surface area contributed by atoms with Gasteiger partial charge in [-0.15, -0.1) is 0 Å². The Bertz CT molecular complexity index is 1480. The minimum Gasteiger partial charge on any atom is -0.311 e. The summed E-state index contributed by atoms with van der Waals surface area (Å²) < 4.78 is 0. The van der Waals surface area contributed by atoms with E-state index in [0.717, 1.165) is 50.7 Å². The fourth-order valence-electron chi connectivity index (χ4n) is 4.62. The second kappa shape index (κ2) is 10.3. The first-order chi connectivity index (χ1) is 18.3. The second-order valence-corrected chi connectivity index (χ2v) is 8.91. The molecule has 6 rings (SSSR count). The van der Waals surface area contributed by atoms with Crippen LogP contribution >= 0.6 is 0 Å². The summed E-state index contributed by atoms with van der Waals surface area (Å²) in [7, 11) is 0. The molecular weight excluding hydrogens is 448 g/mol. The lowest BCUT2D eigenvalue weighted by atomic mass is 9.99. The van der Waals surface area contributed by atoms with Crippen molar-refractivity contribution >= 4 is 17.1 Å². The first kappa shape index (κ1) is 22.5. The van der Waals surface area contributed by atoms with Crippen LogP contribution in [0.1, 0.15) is 0 Å². The first-order valence-electron chi connectivity index (χ1n) is 12.5. The zero-order chi connectivity index (χ0) is 24.9. The number of benzene rings is 5. The van der Waals surface area contributed by atoms with Gasteiger partial charge in [-0.1, -0.05) is 109 Å². The molecule has 0 fully saturated rings. The van der Waals surface area contributed by atoms with Crippen LogP contribution < -0.4 is 4.90 Å². The highest BCUT2D eigenvalue weighted by Crippen LogP contribution is 2.36. The van der Waals surface area contributed by atoms with Crippen LogP contribution in [0.2, 0.25) is 0 Å². The van der Waals surface area contributed by atoms with E-state index in [1.54, 1.807) is 0 Å². The lowest BCUT2D eigenvalue weighted by Crippen LogP contribution is -2.09. The molecule has 37 heavy (non-hydrogen) atoms. The highest BCUT2D eigenvalue weighted by molar-refractivity contribution is 5.80. The quantitative estimate of drug-likeness (QED) is 0.239. The first-order valence-corrected chi connectivity index (χ1v) is 12.5. The molecule has 0 saturated carbocycles. The van der Waals surface area contributed by atoms with Crippen LogP contribution in [0.5, 0.6) is 0 Å². The number of anilines is 3. The molecular formula is C35H26N2. The predicted molar refractivity (Wildman–Crippen MR) is 155 cm³/mol. The Kier molecular flexibility index (Phi) is 6.30. The molecule has 0 aliphatic heterocycles. The smallest absolute Gasteiger partial charge is 0.0715 e. The fourth-order valence-corrected chi connectivity index (χ4v) is 4.62. The number of hydrogen-bond acceptors (Lipinski definition) is 2. The summed E-state index contributed by atoms with van der Waals surface area (Å²) in [6.45, 7) is 0. The van der Waals surface area contributed by atoms with Crippen molar-refractivity contribution in [2.75, 3.05) is 4.90 Å². The van der Waals surface area contributed by atoms with Crippen molar-refractivity contribution in [3.63, 3.8) is 0 Å². The molecule has 0 saturated heterocycles. The Hall–Kier alpha value is -4.95. The van der Waals surface area contributed by atoms with Crippen LogP contribution in [0.4, 0.5) is 17.1 Å². The van der Waals surface area contributed by atoms with Gasteiger partial charge in [0.2, 0.25) is 0 Å². The maximum absolute atomic E-state index is 5.02.